The summed E-state index contributed by atoms with van der Waals surface area (Å²) < 4.78 is -0.718. The van der Waals surface area contributed by atoms with Crippen molar-refractivity contribution < 1.29 is 19.5 Å². The Morgan fingerprint density at radius 2 is 1.82 bits per heavy atom. The fourth-order valence-electron chi connectivity index (χ4n) is 7.12. The number of hydrogen-bond donors (Lipinski definition) is 1. The Hall–Kier alpha value is -2.58. The Labute approximate surface area is 237 Å². The molecule has 1 aromatic carbocycles. The summed E-state index contributed by atoms with van der Waals surface area (Å²) in [6, 6.07) is 8.57. The van der Waals surface area contributed by atoms with Crippen molar-refractivity contribution in [2.24, 2.45) is 17.8 Å². The number of hydrogen-bond acceptors (Lipinski definition) is 5. The predicted molar refractivity (Wildman–Crippen MR) is 156 cm³/mol. The van der Waals surface area contributed by atoms with Crippen molar-refractivity contribution in [3.05, 3.63) is 61.2 Å². The van der Waals surface area contributed by atoms with Gasteiger partial charge < -0.3 is 19.8 Å². The Balaban J connectivity index is 1.79. The van der Waals surface area contributed by atoms with Crippen molar-refractivity contribution in [3.8, 4) is 0 Å². The molecule has 212 valence electrons. The number of aliphatic hydroxyl groups is 1. The standard InChI is InChI=1S/C31H43N3O4S/c1-6-15-32(16-7-2)28(36)25-24-18-21(5)31(39-24)26(25)29(37)34(23(9-4)20-35)27(31)30(38)33(17-8-3)19-22-13-11-10-12-14-22/h6,8,10-14,21,23-27,35H,1,3,7,9,15-20H2,2,4-5H3/t21?,23-,24-,25+,26-,27?,31?/m0/s1. The Kier molecular flexibility index (Phi) is 9.27. The number of carbonyl (C=O) groups is 3. The molecule has 3 amide bonds. The summed E-state index contributed by atoms with van der Waals surface area (Å²) >= 11 is 1.68. The van der Waals surface area contributed by atoms with Crippen molar-refractivity contribution in [2.75, 3.05) is 26.2 Å². The molecule has 3 aliphatic rings. The molecule has 1 aromatic rings. The Bertz CT molecular complexity index is 1080. The van der Waals surface area contributed by atoms with E-state index in [-0.39, 0.29) is 35.5 Å². The van der Waals surface area contributed by atoms with Crippen molar-refractivity contribution in [1.29, 1.82) is 0 Å². The van der Waals surface area contributed by atoms with Crippen LogP contribution in [0.15, 0.2) is 55.6 Å². The van der Waals surface area contributed by atoms with E-state index in [9.17, 15) is 19.5 Å². The van der Waals surface area contributed by atoms with E-state index >= 15 is 0 Å². The third-order valence-electron chi connectivity index (χ3n) is 8.81. The number of benzene rings is 1. The average Bonchev–Trinajstić information content (AvgIpc) is 3.53. The highest BCUT2D eigenvalue weighted by Gasteiger charge is 2.76. The fourth-order valence-corrected chi connectivity index (χ4v) is 9.52. The van der Waals surface area contributed by atoms with Crippen molar-refractivity contribution in [3.63, 3.8) is 0 Å². The third-order valence-corrected chi connectivity index (χ3v) is 10.9. The maximum atomic E-state index is 14.6. The van der Waals surface area contributed by atoms with Gasteiger partial charge in [0.2, 0.25) is 17.7 Å². The number of amides is 3. The van der Waals surface area contributed by atoms with E-state index < -0.39 is 28.7 Å². The number of nitrogens with zero attached hydrogens (tertiary/aromatic N) is 3. The number of carbonyl (C=O) groups excluding carboxylic acids is 3. The van der Waals surface area contributed by atoms with Crippen LogP contribution in [-0.2, 0) is 20.9 Å². The maximum absolute atomic E-state index is 14.6. The molecule has 1 N–H and O–H groups in total. The molecule has 0 aromatic heterocycles. The number of aliphatic hydroxyl groups excluding tert-OH is 1. The minimum absolute atomic E-state index is 0.0146. The minimum Gasteiger partial charge on any atom is -0.394 e. The second kappa shape index (κ2) is 12.3. The summed E-state index contributed by atoms with van der Waals surface area (Å²) in [6.07, 6.45) is 5.57. The largest absolute Gasteiger partial charge is 0.394 e. The van der Waals surface area contributed by atoms with Gasteiger partial charge in [-0.15, -0.1) is 24.9 Å². The van der Waals surface area contributed by atoms with Crippen molar-refractivity contribution >= 4 is 29.5 Å². The van der Waals surface area contributed by atoms with Crippen LogP contribution < -0.4 is 0 Å². The lowest BCUT2D eigenvalue weighted by atomic mass is 9.65. The first kappa shape index (κ1) is 29.4. The van der Waals surface area contributed by atoms with Gasteiger partial charge in [-0.1, -0.05) is 63.3 Å². The van der Waals surface area contributed by atoms with Gasteiger partial charge in [-0.3, -0.25) is 14.4 Å². The fraction of sp³-hybridized carbons (Fsp3) is 0.581. The normalized spacial score (nSPS) is 29.7. The third kappa shape index (κ3) is 4.95. The summed E-state index contributed by atoms with van der Waals surface area (Å²) in [4.78, 5) is 48.3. The molecule has 39 heavy (non-hydrogen) atoms. The highest BCUT2D eigenvalue weighted by atomic mass is 32.2. The second-order valence-corrected chi connectivity index (χ2v) is 12.7. The molecule has 7 atom stereocenters. The van der Waals surface area contributed by atoms with Crippen molar-refractivity contribution in [1.82, 2.24) is 14.7 Å². The molecule has 7 nitrogen and oxygen atoms in total. The number of fused-ring (bicyclic) bond motifs is 1. The van der Waals surface area contributed by atoms with Crippen LogP contribution in [-0.4, -0.2) is 85.8 Å². The van der Waals surface area contributed by atoms with Gasteiger partial charge in [0.1, 0.15) is 6.04 Å². The molecule has 0 saturated carbocycles. The summed E-state index contributed by atoms with van der Waals surface area (Å²) in [7, 11) is 0. The van der Waals surface area contributed by atoms with Gasteiger partial charge in [0.05, 0.1) is 29.2 Å². The van der Waals surface area contributed by atoms with Gasteiger partial charge in [0, 0.05) is 31.4 Å². The van der Waals surface area contributed by atoms with E-state index in [4.69, 9.17) is 0 Å². The SMILES string of the molecule is C=CCN(Cc1ccccc1)C(=O)C1N([C@@H](CC)CO)C(=O)[C@@H]2[C@H](C(=O)N(CC=C)CCC)[C@@H]3CC(C)C12S3. The summed E-state index contributed by atoms with van der Waals surface area (Å²) in [5.74, 6) is -1.32. The molecule has 0 aliphatic carbocycles. The second-order valence-electron chi connectivity index (χ2n) is 11.1. The highest BCUT2D eigenvalue weighted by molar-refractivity contribution is 8.02. The molecular formula is C31H43N3O4S. The lowest BCUT2D eigenvalue weighted by Gasteiger charge is -2.42. The van der Waals surface area contributed by atoms with Crippen LogP contribution in [0.2, 0.25) is 0 Å². The van der Waals surface area contributed by atoms with Crippen LogP contribution in [0.5, 0.6) is 0 Å². The number of rotatable bonds is 13. The predicted octanol–water partition coefficient (Wildman–Crippen LogP) is 3.73. The van der Waals surface area contributed by atoms with E-state index in [2.05, 4.69) is 20.1 Å². The van der Waals surface area contributed by atoms with E-state index in [0.29, 0.717) is 32.6 Å². The van der Waals surface area contributed by atoms with Gasteiger partial charge in [-0.2, -0.15) is 0 Å². The van der Waals surface area contributed by atoms with Crippen LogP contribution >= 0.6 is 11.8 Å². The Morgan fingerprint density at radius 3 is 2.41 bits per heavy atom. The topological polar surface area (TPSA) is 81.2 Å². The summed E-state index contributed by atoms with van der Waals surface area (Å²) in [6.45, 7) is 15.4. The molecule has 3 aliphatic heterocycles. The highest BCUT2D eigenvalue weighted by Crippen LogP contribution is 2.69. The van der Waals surface area contributed by atoms with Gasteiger partial charge >= 0.3 is 0 Å². The number of thioether (sulfide) groups is 1. The quantitative estimate of drug-likeness (QED) is 0.377. The molecule has 3 saturated heterocycles. The first-order chi connectivity index (χ1) is 18.8. The zero-order valence-corrected chi connectivity index (χ0v) is 24.3. The lowest BCUT2D eigenvalue weighted by molar-refractivity contribution is -0.147. The number of likely N-dealkylation sites (tertiary alicyclic amines) is 1. The molecule has 3 heterocycles. The monoisotopic (exact) mass is 553 g/mol. The van der Waals surface area contributed by atoms with E-state index in [1.807, 2.05) is 49.1 Å². The van der Waals surface area contributed by atoms with Crippen LogP contribution in [0.4, 0.5) is 0 Å². The van der Waals surface area contributed by atoms with Gasteiger partial charge in [-0.05, 0) is 30.7 Å². The zero-order chi connectivity index (χ0) is 28.3. The van der Waals surface area contributed by atoms with Crippen LogP contribution in [0.3, 0.4) is 0 Å². The van der Waals surface area contributed by atoms with Crippen LogP contribution in [0, 0.1) is 17.8 Å². The first-order valence-electron chi connectivity index (χ1n) is 14.2. The van der Waals surface area contributed by atoms with Crippen molar-refractivity contribution in [2.45, 2.75) is 68.7 Å². The molecular weight excluding hydrogens is 510 g/mol. The average molecular weight is 554 g/mol. The van der Waals surface area contributed by atoms with E-state index in [1.165, 1.54) is 0 Å². The molecule has 2 bridgehead atoms. The van der Waals surface area contributed by atoms with E-state index in [1.54, 1.807) is 33.7 Å². The molecule has 3 fully saturated rings. The Morgan fingerprint density at radius 1 is 1.15 bits per heavy atom. The molecule has 4 rings (SSSR count). The summed E-state index contributed by atoms with van der Waals surface area (Å²) in [5.41, 5.74) is 0.996. The van der Waals surface area contributed by atoms with Crippen LogP contribution in [0.25, 0.3) is 0 Å². The van der Waals surface area contributed by atoms with Gasteiger partial charge in [0.25, 0.3) is 0 Å². The van der Waals surface area contributed by atoms with Gasteiger partial charge in [-0.25, -0.2) is 0 Å². The lowest BCUT2D eigenvalue weighted by Crippen LogP contribution is -2.59. The van der Waals surface area contributed by atoms with Gasteiger partial charge in [0.15, 0.2) is 0 Å². The minimum atomic E-state index is -0.752. The zero-order valence-electron chi connectivity index (χ0n) is 23.5. The maximum Gasteiger partial charge on any atom is 0.247 e. The first-order valence-corrected chi connectivity index (χ1v) is 15.1. The molecule has 3 unspecified atom stereocenters. The summed E-state index contributed by atoms with van der Waals surface area (Å²) in [5, 5.41) is 10.3. The molecule has 8 heteroatoms. The van der Waals surface area contributed by atoms with E-state index in [0.717, 1.165) is 18.4 Å². The van der Waals surface area contributed by atoms with Crippen LogP contribution in [0.1, 0.15) is 45.6 Å². The smallest absolute Gasteiger partial charge is 0.247 e. The molecule has 1 spiro atoms. The molecule has 0 radical (unpaired) electrons.